The third kappa shape index (κ3) is 2.70. The van der Waals surface area contributed by atoms with Gasteiger partial charge in [0.25, 0.3) is 17.0 Å². The molecule has 0 bridgehead atoms. The van der Waals surface area contributed by atoms with Crippen molar-refractivity contribution in [3.05, 3.63) is 91.1 Å². The highest BCUT2D eigenvalue weighted by molar-refractivity contribution is 6.51. The second-order valence-electron chi connectivity index (χ2n) is 7.18. The summed E-state index contributed by atoms with van der Waals surface area (Å²) in [6.45, 7) is 0. The summed E-state index contributed by atoms with van der Waals surface area (Å²) in [4.78, 5) is 56.8. The number of para-hydroxylation sites is 1. The van der Waals surface area contributed by atoms with Crippen LogP contribution in [0.15, 0.2) is 58.3 Å². The molecule has 158 valence electrons. The molecular formula is C22H15N5O5. The summed E-state index contributed by atoms with van der Waals surface area (Å²) in [5, 5.41) is 15.0. The Labute approximate surface area is 178 Å². The number of amides is 1. The number of hydrogen-bond donors (Lipinski definition) is 3. The van der Waals surface area contributed by atoms with E-state index in [-0.39, 0.29) is 27.4 Å². The zero-order valence-corrected chi connectivity index (χ0v) is 16.6. The molecule has 0 saturated heterocycles. The number of carbonyl (C=O) groups excluding carboxylic acids is 2. The number of benzene rings is 1. The average Bonchev–Trinajstić information content (AvgIpc) is 3.15. The van der Waals surface area contributed by atoms with Gasteiger partial charge >= 0.3 is 0 Å². The van der Waals surface area contributed by atoms with E-state index in [1.165, 1.54) is 22.5 Å². The van der Waals surface area contributed by atoms with Gasteiger partial charge in [-0.3, -0.25) is 33.8 Å². The Morgan fingerprint density at radius 3 is 2.56 bits per heavy atom. The number of Topliss-reactive ketones (excluding diaryl/α,β-unsaturated/α-hetero) is 1. The Kier molecular flexibility index (Phi) is 4.16. The van der Waals surface area contributed by atoms with E-state index in [1.54, 1.807) is 42.5 Å². The zero-order valence-electron chi connectivity index (χ0n) is 16.6. The van der Waals surface area contributed by atoms with Crippen molar-refractivity contribution in [2.24, 2.45) is 0 Å². The Balaban J connectivity index is 1.86. The fraction of sp³-hybridized carbons (Fsp3) is 0.0455. The molecule has 1 aromatic carbocycles. The second-order valence-corrected chi connectivity index (χ2v) is 7.18. The number of nitrogens with zero attached hydrogens (tertiary/aromatic N) is 3. The lowest BCUT2D eigenvalue weighted by Crippen LogP contribution is -2.44. The summed E-state index contributed by atoms with van der Waals surface area (Å²) in [5.74, 6) is -1.76. The number of aromatic amines is 2. The summed E-state index contributed by atoms with van der Waals surface area (Å²) < 4.78 is 1.21. The van der Waals surface area contributed by atoms with Gasteiger partial charge in [0.05, 0.1) is 16.3 Å². The molecule has 3 aromatic heterocycles. The smallest absolute Gasteiger partial charge is 0.271 e. The minimum absolute atomic E-state index is 0.0803. The first kappa shape index (κ1) is 19.2. The molecule has 1 aliphatic rings. The number of aromatic nitrogens is 4. The Morgan fingerprint density at radius 2 is 1.75 bits per heavy atom. The normalized spacial score (nSPS) is 16.0. The molecule has 0 aliphatic carbocycles. The number of aromatic hydroxyl groups is 1. The zero-order chi connectivity index (χ0) is 22.6. The van der Waals surface area contributed by atoms with Crippen LogP contribution in [0.2, 0.25) is 0 Å². The summed E-state index contributed by atoms with van der Waals surface area (Å²) in [6, 6.07) is 11.4. The van der Waals surface area contributed by atoms with Gasteiger partial charge in [-0.1, -0.05) is 18.2 Å². The molecule has 0 fully saturated rings. The lowest BCUT2D eigenvalue weighted by molar-refractivity contribution is -0.113. The quantitative estimate of drug-likeness (QED) is 0.364. The van der Waals surface area contributed by atoms with Crippen molar-refractivity contribution >= 4 is 34.7 Å². The molecule has 4 heterocycles. The van der Waals surface area contributed by atoms with Crippen LogP contribution in [0.25, 0.3) is 17.3 Å². The molecule has 3 N–H and O–H groups in total. The van der Waals surface area contributed by atoms with E-state index in [0.717, 1.165) is 6.08 Å². The van der Waals surface area contributed by atoms with Crippen molar-refractivity contribution in [3.63, 3.8) is 0 Å². The molecule has 32 heavy (non-hydrogen) atoms. The summed E-state index contributed by atoms with van der Waals surface area (Å²) in [7, 11) is 1.52. The van der Waals surface area contributed by atoms with Gasteiger partial charge in [0, 0.05) is 18.8 Å². The summed E-state index contributed by atoms with van der Waals surface area (Å²) >= 11 is 0. The first-order valence-corrected chi connectivity index (χ1v) is 9.53. The molecular weight excluding hydrogens is 414 g/mol. The molecule has 10 heteroatoms. The number of ketones is 1. The first-order chi connectivity index (χ1) is 15.4. The molecule has 0 spiro atoms. The molecule has 1 amide bonds. The Bertz CT molecular complexity index is 1690. The number of pyridine rings is 1. The van der Waals surface area contributed by atoms with Crippen molar-refractivity contribution in [1.29, 1.82) is 0 Å². The number of hydrogen-bond acceptors (Lipinski definition) is 6. The van der Waals surface area contributed by atoms with Crippen LogP contribution in [0.5, 0.6) is 5.88 Å². The maximum Gasteiger partial charge on any atom is 0.271 e. The van der Waals surface area contributed by atoms with E-state index in [4.69, 9.17) is 0 Å². The lowest BCUT2D eigenvalue weighted by atomic mass is 9.95. The number of fused-ring (bicyclic) bond motifs is 2. The van der Waals surface area contributed by atoms with Crippen LogP contribution in [0.1, 0.15) is 15.9 Å². The van der Waals surface area contributed by atoms with Crippen molar-refractivity contribution in [2.45, 2.75) is 0 Å². The monoisotopic (exact) mass is 429 g/mol. The van der Waals surface area contributed by atoms with Crippen LogP contribution in [0, 0.1) is 0 Å². The number of nitrogens with one attached hydrogen (secondary N) is 2. The molecule has 0 radical (unpaired) electrons. The van der Waals surface area contributed by atoms with Gasteiger partial charge in [-0.2, -0.15) is 4.98 Å². The predicted octanol–water partition coefficient (Wildman–Crippen LogP) is -0.745. The fourth-order valence-corrected chi connectivity index (χ4v) is 3.75. The molecule has 1 aliphatic heterocycles. The van der Waals surface area contributed by atoms with E-state index < -0.39 is 28.7 Å². The van der Waals surface area contributed by atoms with Gasteiger partial charge in [-0.25, -0.2) is 0 Å². The minimum Gasteiger partial charge on any atom is -0.493 e. The van der Waals surface area contributed by atoms with Gasteiger partial charge in [0.2, 0.25) is 11.7 Å². The predicted molar refractivity (Wildman–Crippen MR) is 115 cm³/mol. The van der Waals surface area contributed by atoms with E-state index in [2.05, 4.69) is 15.2 Å². The second kappa shape index (κ2) is 6.91. The van der Waals surface area contributed by atoms with Crippen molar-refractivity contribution < 1.29 is 14.7 Å². The Hall–Kier alpha value is -4.73. The Morgan fingerprint density at radius 1 is 1.00 bits per heavy atom. The molecule has 5 rings (SSSR count). The number of H-pyrrole nitrogens is 2. The maximum absolute atomic E-state index is 13.1. The van der Waals surface area contributed by atoms with Gasteiger partial charge < -0.3 is 10.0 Å². The van der Waals surface area contributed by atoms with Crippen LogP contribution in [-0.4, -0.2) is 43.4 Å². The van der Waals surface area contributed by atoms with Crippen LogP contribution in [0.3, 0.4) is 0 Å². The van der Waals surface area contributed by atoms with Crippen molar-refractivity contribution in [1.82, 2.24) is 19.6 Å². The van der Waals surface area contributed by atoms with Gasteiger partial charge in [-0.15, -0.1) is 0 Å². The lowest BCUT2D eigenvalue weighted by Gasteiger charge is -2.25. The molecule has 0 atom stereocenters. The number of carbonyl (C=O) groups is 2. The van der Waals surface area contributed by atoms with E-state index >= 15 is 0 Å². The minimum atomic E-state index is -0.674. The highest BCUT2D eigenvalue weighted by Gasteiger charge is 2.33. The summed E-state index contributed by atoms with van der Waals surface area (Å²) in [6.07, 6.45) is 2.58. The molecule has 4 aromatic rings. The van der Waals surface area contributed by atoms with E-state index in [9.17, 15) is 24.3 Å². The molecule has 0 unspecified atom stereocenters. The fourth-order valence-electron chi connectivity index (χ4n) is 3.75. The average molecular weight is 429 g/mol. The van der Waals surface area contributed by atoms with Crippen LogP contribution in [-0.2, 0) is 4.79 Å². The van der Waals surface area contributed by atoms with Crippen LogP contribution >= 0.6 is 0 Å². The van der Waals surface area contributed by atoms with Crippen LogP contribution in [0.4, 0.5) is 5.69 Å². The molecule has 10 nitrogen and oxygen atoms in total. The van der Waals surface area contributed by atoms with Crippen LogP contribution < -0.4 is 26.6 Å². The highest BCUT2D eigenvalue weighted by atomic mass is 16.3. The van der Waals surface area contributed by atoms with Gasteiger partial charge in [0.1, 0.15) is 16.8 Å². The summed E-state index contributed by atoms with van der Waals surface area (Å²) in [5.41, 5.74) is -0.841. The third-order valence-corrected chi connectivity index (χ3v) is 5.36. The van der Waals surface area contributed by atoms with E-state index in [0.29, 0.717) is 11.3 Å². The first-order valence-electron chi connectivity index (χ1n) is 9.53. The van der Waals surface area contributed by atoms with Gasteiger partial charge in [-0.05, 0) is 30.3 Å². The third-order valence-electron chi connectivity index (χ3n) is 5.36. The SMILES string of the molecule is CN1C(=O)/C(=c2\[nH][nH]c(=O)c2=Cc2c(O)nc3ccccn3c2=O)C(=O)c2ccccc21. The van der Waals surface area contributed by atoms with E-state index in [1.807, 2.05) is 0 Å². The standard InChI is InChI=1S/C22H15N5O5/c1-26-14-7-3-2-6-11(14)18(28)16(22(26)32)17-12(20(30)25-24-17)10-13-19(29)23-15-8-4-5-9-27(15)21(13)31/h2-10,24,29H,1H3,(H,25,30)/b12-10?,17-16-. The van der Waals surface area contributed by atoms with Crippen molar-refractivity contribution in [3.8, 4) is 5.88 Å². The van der Waals surface area contributed by atoms with Crippen molar-refractivity contribution in [2.75, 3.05) is 11.9 Å². The number of anilines is 1. The maximum atomic E-state index is 13.1. The highest BCUT2D eigenvalue weighted by Crippen LogP contribution is 2.28. The molecule has 0 saturated carbocycles. The number of rotatable bonds is 1. The topological polar surface area (TPSA) is 141 Å². The van der Waals surface area contributed by atoms with Gasteiger partial charge in [0.15, 0.2) is 0 Å². The largest absolute Gasteiger partial charge is 0.493 e.